The van der Waals surface area contributed by atoms with Crippen molar-refractivity contribution in [1.29, 1.82) is 0 Å². The van der Waals surface area contributed by atoms with Crippen LogP contribution < -0.4 is 9.64 Å². The average molecular weight is 633 g/mol. The molecule has 0 aromatic heterocycles. The van der Waals surface area contributed by atoms with Gasteiger partial charge < -0.3 is 9.47 Å². The van der Waals surface area contributed by atoms with Gasteiger partial charge in [-0.3, -0.25) is 19.8 Å². The maximum Gasteiger partial charge on any atom is 0.346 e. The van der Waals surface area contributed by atoms with Crippen molar-refractivity contribution in [3.05, 3.63) is 109 Å². The lowest BCUT2D eigenvalue weighted by Gasteiger charge is -2.45. The fraction of sp³-hybridized carbons (Fsp3) is 0.219. The normalized spacial score (nSPS) is 17.5. The zero-order valence-corrected chi connectivity index (χ0v) is 26.4. The van der Waals surface area contributed by atoms with Gasteiger partial charge in [0.1, 0.15) is 10.7 Å². The molecule has 1 amide bonds. The summed E-state index contributed by atoms with van der Waals surface area (Å²) < 4.78 is 12.0. The lowest BCUT2D eigenvalue weighted by molar-refractivity contribution is -0.384. The number of nitro benzene ring substituents is 1. The van der Waals surface area contributed by atoms with E-state index in [1.165, 1.54) is 41.7 Å². The van der Waals surface area contributed by atoms with Gasteiger partial charge in [0, 0.05) is 33.7 Å². The second-order valence-electron chi connectivity index (χ2n) is 10.1. The predicted octanol–water partition coefficient (Wildman–Crippen LogP) is 7.88. The van der Waals surface area contributed by atoms with Gasteiger partial charge in [0.2, 0.25) is 0 Å². The largest absolute Gasteiger partial charge is 0.494 e. The topological polar surface area (TPSA) is 99.0 Å². The number of amides is 1. The molecular formula is C32H28N2O6S3. The summed E-state index contributed by atoms with van der Waals surface area (Å²) in [6, 6.07) is 20.7. The van der Waals surface area contributed by atoms with E-state index in [1.807, 2.05) is 63.2 Å². The molecule has 3 aromatic rings. The van der Waals surface area contributed by atoms with E-state index in [-0.39, 0.29) is 17.9 Å². The third-order valence-electron chi connectivity index (χ3n) is 6.93. The molecule has 2 heterocycles. The smallest absolute Gasteiger partial charge is 0.346 e. The van der Waals surface area contributed by atoms with E-state index in [4.69, 9.17) is 21.7 Å². The van der Waals surface area contributed by atoms with Crippen LogP contribution in [-0.2, 0) is 9.53 Å². The van der Waals surface area contributed by atoms with Gasteiger partial charge in [0.05, 0.1) is 38.5 Å². The van der Waals surface area contributed by atoms with Crippen LogP contribution in [0.15, 0.2) is 81.9 Å². The molecular weight excluding hydrogens is 605 g/mol. The van der Waals surface area contributed by atoms with Crippen LogP contribution in [-0.4, -0.2) is 40.4 Å². The van der Waals surface area contributed by atoms with Crippen LogP contribution in [0.5, 0.6) is 5.75 Å². The maximum absolute atomic E-state index is 14.1. The van der Waals surface area contributed by atoms with E-state index in [0.29, 0.717) is 33.4 Å². The molecule has 220 valence electrons. The van der Waals surface area contributed by atoms with Gasteiger partial charge in [-0.15, -0.1) is 0 Å². The number of anilines is 1. The first-order valence-corrected chi connectivity index (χ1v) is 15.6. The van der Waals surface area contributed by atoms with Crippen LogP contribution in [0.25, 0.3) is 10.5 Å². The quantitative estimate of drug-likeness (QED) is 0.0847. The number of nitrogens with zero attached hydrogens (tertiary/aromatic N) is 2. The number of benzene rings is 3. The highest BCUT2D eigenvalue weighted by Gasteiger charge is 2.46. The number of carbonyl (C=O) groups excluding carboxylic acids is 2. The Balaban J connectivity index is 1.69. The first-order valence-electron chi connectivity index (χ1n) is 13.6. The van der Waals surface area contributed by atoms with E-state index in [1.54, 1.807) is 24.0 Å². The molecule has 8 nitrogen and oxygen atoms in total. The number of ether oxygens (including phenoxy) is 2. The summed E-state index contributed by atoms with van der Waals surface area (Å²) in [4.78, 5) is 41.5. The Bertz CT molecular complexity index is 1710. The highest BCUT2D eigenvalue weighted by Crippen LogP contribution is 2.59. The van der Waals surface area contributed by atoms with E-state index in [0.717, 1.165) is 20.3 Å². The highest BCUT2D eigenvalue weighted by molar-refractivity contribution is 8.32. The second-order valence-corrected chi connectivity index (χ2v) is 12.8. The van der Waals surface area contributed by atoms with Crippen LogP contribution in [0.3, 0.4) is 0 Å². The summed E-state index contributed by atoms with van der Waals surface area (Å²) >= 11 is 8.90. The monoisotopic (exact) mass is 632 g/mol. The number of thioether (sulfide) groups is 2. The predicted molar refractivity (Wildman–Crippen MR) is 176 cm³/mol. The molecule has 5 rings (SSSR count). The summed E-state index contributed by atoms with van der Waals surface area (Å²) in [5, 5.41) is 11.5. The van der Waals surface area contributed by atoms with Crippen molar-refractivity contribution < 1.29 is 24.0 Å². The highest BCUT2D eigenvalue weighted by atomic mass is 32.2. The van der Waals surface area contributed by atoms with Gasteiger partial charge in [-0.05, 0) is 57.5 Å². The Kier molecular flexibility index (Phi) is 8.77. The Hall–Kier alpha value is -3.93. The van der Waals surface area contributed by atoms with Gasteiger partial charge in [0.15, 0.2) is 0 Å². The molecule has 0 aliphatic carbocycles. The molecule has 0 fully saturated rings. The van der Waals surface area contributed by atoms with Crippen LogP contribution in [0.4, 0.5) is 11.4 Å². The molecule has 0 atom stereocenters. The Morgan fingerprint density at radius 2 is 1.72 bits per heavy atom. The van der Waals surface area contributed by atoms with Gasteiger partial charge in [-0.25, -0.2) is 4.79 Å². The molecule has 0 bridgehead atoms. The molecule has 0 N–H and O–H groups in total. The molecule has 0 radical (unpaired) electrons. The number of rotatable bonds is 7. The molecule has 3 aromatic carbocycles. The second kappa shape index (κ2) is 12.4. The Morgan fingerprint density at radius 1 is 0.977 bits per heavy atom. The van der Waals surface area contributed by atoms with E-state index in [9.17, 15) is 19.7 Å². The first kappa shape index (κ1) is 30.5. The van der Waals surface area contributed by atoms with Crippen LogP contribution in [0.2, 0.25) is 0 Å². The van der Waals surface area contributed by atoms with E-state index in [2.05, 4.69) is 0 Å². The van der Waals surface area contributed by atoms with Crippen LogP contribution in [0.1, 0.15) is 49.2 Å². The number of thiocarbonyl (C=S) groups is 1. The van der Waals surface area contributed by atoms with Crippen molar-refractivity contribution in [1.82, 2.24) is 0 Å². The summed E-state index contributed by atoms with van der Waals surface area (Å²) in [5.74, 6) is -0.242. The zero-order chi connectivity index (χ0) is 30.9. The minimum Gasteiger partial charge on any atom is -0.494 e. The van der Waals surface area contributed by atoms with Crippen molar-refractivity contribution in [3.8, 4) is 5.75 Å². The van der Waals surface area contributed by atoms with Gasteiger partial charge in [-0.2, -0.15) is 0 Å². The molecule has 2 aliphatic heterocycles. The lowest BCUT2D eigenvalue weighted by Crippen LogP contribution is -2.56. The summed E-state index contributed by atoms with van der Waals surface area (Å²) in [5.41, 5.74) is 1.83. The average Bonchev–Trinajstić information content (AvgIpc) is 3.44. The fourth-order valence-electron chi connectivity index (χ4n) is 4.96. The zero-order valence-electron chi connectivity index (χ0n) is 23.9. The maximum atomic E-state index is 14.1. The van der Waals surface area contributed by atoms with Crippen molar-refractivity contribution in [3.63, 3.8) is 0 Å². The number of esters is 1. The standard InChI is InChI=1S/C32H28N2O6S3/c1-5-39-22-15-16-24-23(18-22)25(31-42-26(19-11-8-7-9-12-19)27(43-31)30(36)40-6-2)28(41)32(3,4)33(24)29(35)20-13-10-14-21(17-20)34(37)38/h7-18H,5-6H2,1-4H3/b31-25-. The molecule has 0 saturated heterocycles. The van der Waals surface area contributed by atoms with Crippen LogP contribution >= 0.6 is 35.7 Å². The third-order valence-corrected chi connectivity index (χ3v) is 10.3. The molecule has 2 aliphatic rings. The molecule has 0 spiro atoms. The summed E-state index contributed by atoms with van der Waals surface area (Å²) in [6.45, 7) is 8.04. The fourth-order valence-corrected chi connectivity index (χ4v) is 8.09. The van der Waals surface area contributed by atoms with Gasteiger partial charge in [-0.1, -0.05) is 72.1 Å². The molecule has 0 saturated carbocycles. The van der Waals surface area contributed by atoms with Crippen molar-refractivity contribution >= 4 is 74.3 Å². The molecule has 43 heavy (non-hydrogen) atoms. The molecule has 11 heteroatoms. The van der Waals surface area contributed by atoms with Crippen molar-refractivity contribution in [2.24, 2.45) is 0 Å². The minimum atomic E-state index is -1.01. The SMILES string of the molecule is CCOC(=O)C1=C(c2ccccc2)S/C(=C2/C(=S)C(C)(C)N(C(=O)c3cccc([N+](=O)[O-])c3)c3ccc(OCC)cc32)S1. The third kappa shape index (κ3) is 5.72. The number of carbonyl (C=O) groups is 2. The number of non-ortho nitro benzene ring substituents is 1. The van der Waals surface area contributed by atoms with E-state index >= 15 is 0 Å². The summed E-state index contributed by atoms with van der Waals surface area (Å²) in [7, 11) is 0. The minimum absolute atomic E-state index is 0.170. The number of fused-ring (bicyclic) bond motifs is 1. The number of hydrogen-bond acceptors (Lipinski definition) is 9. The van der Waals surface area contributed by atoms with Gasteiger partial charge in [0.25, 0.3) is 11.6 Å². The lowest BCUT2D eigenvalue weighted by atomic mass is 9.82. The molecule has 0 unspecified atom stereocenters. The number of hydrogen-bond donors (Lipinski definition) is 0. The van der Waals surface area contributed by atoms with Crippen LogP contribution in [0, 0.1) is 10.1 Å². The van der Waals surface area contributed by atoms with Crippen molar-refractivity contribution in [2.45, 2.75) is 33.2 Å². The van der Waals surface area contributed by atoms with Gasteiger partial charge >= 0.3 is 5.97 Å². The van der Waals surface area contributed by atoms with Crippen molar-refractivity contribution in [2.75, 3.05) is 18.1 Å². The first-order chi connectivity index (χ1) is 20.6. The van der Waals surface area contributed by atoms with E-state index < -0.39 is 22.3 Å². The Labute approximate surface area is 263 Å². The Morgan fingerprint density at radius 3 is 2.40 bits per heavy atom. The summed E-state index contributed by atoms with van der Waals surface area (Å²) in [6.07, 6.45) is 0. The number of nitro groups is 1.